The van der Waals surface area contributed by atoms with Gasteiger partial charge in [-0.25, -0.2) is 27.7 Å². The molecule has 0 spiro atoms. The Morgan fingerprint density at radius 2 is 1.66 bits per heavy atom. The summed E-state index contributed by atoms with van der Waals surface area (Å²) < 4.78 is 37.8. The molecule has 0 radical (unpaired) electrons. The molecule has 1 aliphatic rings. The molecule has 14 heteroatoms. The van der Waals surface area contributed by atoms with Crippen LogP contribution in [0.1, 0.15) is 0 Å². The molecule has 0 atom stereocenters. The second-order valence-electron chi connectivity index (χ2n) is 7.47. The maximum Gasteiger partial charge on any atom is 0.264 e. The summed E-state index contributed by atoms with van der Waals surface area (Å²) in [6, 6.07) is 11.5. The molecule has 1 fully saturated rings. The number of morpholine rings is 1. The molecule has 1 aliphatic heterocycles. The zero-order chi connectivity index (χ0) is 24.3. The van der Waals surface area contributed by atoms with Gasteiger partial charge in [0.2, 0.25) is 5.95 Å². The summed E-state index contributed by atoms with van der Waals surface area (Å²) in [5, 5.41) is 14.5. The number of benzene rings is 2. The molecule has 2 aromatic carbocycles. The summed E-state index contributed by atoms with van der Waals surface area (Å²) in [5.41, 5.74) is 3.32. The van der Waals surface area contributed by atoms with Gasteiger partial charge >= 0.3 is 0 Å². The summed E-state index contributed by atoms with van der Waals surface area (Å²) >= 11 is 5.43. The average Bonchev–Trinajstić information content (AvgIpc) is 3.36. The number of sulfonamides is 1. The first-order chi connectivity index (χ1) is 17.0. The smallest absolute Gasteiger partial charge is 0.264 e. The fraction of sp³-hybridized carbons (Fsp3) is 0.190. The molecule has 0 amide bonds. The molecular weight excluding hydrogens is 492 g/mol. The van der Waals surface area contributed by atoms with Crippen LogP contribution in [0.2, 0.25) is 0 Å². The van der Waals surface area contributed by atoms with E-state index >= 15 is 0 Å². The van der Waals surface area contributed by atoms with E-state index in [1.54, 1.807) is 18.2 Å². The predicted octanol–water partition coefficient (Wildman–Crippen LogP) is 2.46. The number of fused-ring (bicyclic) bond motifs is 1. The van der Waals surface area contributed by atoms with Gasteiger partial charge in [-0.05, 0) is 65.0 Å². The van der Waals surface area contributed by atoms with Crippen molar-refractivity contribution in [1.82, 2.24) is 20.3 Å². The van der Waals surface area contributed by atoms with Crippen LogP contribution in [0.5, 0.6) is 0 Å². The third-order valence-electron chi connectivity index (χ3n) is 5.21. The van der Waals surface area contributed by atoms with E-state index in [2.05, 4.69) is 40.5 Å². The van der Waals surface area contributed by atoms with Gasteiger partial charge in [0.05, 0.1) is 29.5 Å². The maximum absolute atomic E-state index is 12.5. The second-order valence-corrected chi connectivity index (χ2v) is 9.57. The zero-order valence-corrected chi connectivity index (χ0v) is 19.8. The molecule has 0 bridgehead atoms. The molecular formula is C21H20N8O4S2. The number of hydrogen-bond donors (Lipinski definition) is 3. The summed E-state index contributed by atoms with van der Waals surface area (Å²) in [7, 11) is -3.83. The minimum absolute atomic E-state index is 0.00613. The number of nitrogens with one attached hydrogen (secondary N) is 3. The third-order valence-corrected chi connectivity index (χ3v) is 6.76. The van der Waals surface area contributed by atoms with E-state index in [9.17, 15) is 8.42 Å². The summed E-state index contributed by atoms with van der Waals surface area (Å²) in [6.45, 7) is 2.82. The van der Waals surface area contributed by atoms with Crippen LogP contribution in [0, 0.1) is 0 Å². The minimum Gasteiger partial charge on any atom is -0.378 e. The van der Waals surface area contributed by atoms with Crippen LogP contribution < -0.4 is 20.3 Å². The van der Waals surface area contributed by atoms with Crippen molar-refractivity contribution in [3.8, 4) is 0 Å². The SMILES string of the molecule is O=S(=O)(Nc1ncccn1)c1ccc(NC(=S)Nc2ccc(N3CCOCC3)c3nonc23)cc1. The highest BCUT2D eigenvalue weighted by Crippen LogP contribution is 2.30. The molecule has 0 saturated carbocycles. The standard InChI is InChI=1S/C21H20N8O4S2/c30-35(31,28-20-22-8-1-9-23-20)15-4-2-14(3-5-15)24-21(34)25-16-6-7-17(19-18(16)26-33-27-19)29-10-12-32-13-11-29/h1-9H,10-13H2,(H,22,23,28)(H2,24,25,34). The molecule has 0 aliphatic carbocycles. The van der Waals surface area contributed by atoms with E-state index in [0.29, 0.717) is 40.7 Å². The number of thiocarbonyl (C=S) groups is 1. The highest BCUT2D eigenvalue weighted by Gasteiger charge is 2.19. The lowest BCUT2D eigenvalue weighted by atomic mass is 10.2. The quantitative estimate of drug-likeness (QED) is 0.326. The molecule has 5 rings (SSSR count). The van der Waals surface area contributed by atoms with Crippen molar-refractivity contribution in [1.29, 1.82) is 0 Å². The van der Waals surface area contributed by atoms with Gasteiger partial charge in [0.15, 0.2) is 16.1 Å². The Kier molecular flexibility index (Phi) is 6.39. The van der Waals surface area contributed by atoms with Gasteiger partial charge in [-0.15, -0.1) is 0 Å². The fourth-order valence-corrected chi connectivity index (χ4v) is 4.73. The molecule has 1 saturated heterocycles. The summed E-state index contributed by atoms with van der Waals surface area (Å²) in [4.78, 5) is 9.97. The van der Waals surface area contributed by atoms with Gasteiger partial charge in [-0.3, -0.25) is 0 Å². The third kappa shape index (κ3) is 5.13. The van der Waals surface area contributed by atoms with E-state index in [4.69, 9.17) is 21.6 Å². The highest BCUT2D eigenvalue weighted by atomic mass is 32.2. The molecule has 3 heterocycles. The predicted molar refractivity (Wildman–Crippen MR) is 134 cm³/mol. The van der Waals surface area contributed by atoms with Crippen molar-refractivity contribution in [3.05, 3.63) is 54.9 Å². The topological polar surface area (TPSA) is 147 Å². The first kappa shape index (κ1) is 22.9. The Labute approximate surface area is 205 Å². The van der Waals surface area contributed by atoms with Crippen LogP contribution >= 0.6 is 12.2 Å². The Balaban J connectivity index is 1.26. The zero-order valence-electron chi connectivity index (χ0n) is 18.2. The Bertz CT molecular complexity index is 1440. The Morgan fingerprint density at radius 3 is 2.40 bits per heavy atom. The lowest BCUT2D eigenvalue weighted by Gasteiger charge is -2.28. The molecule has 4 aromatic rings. The van der Waals surface area contributed by atoms with E-state index in [1.165, 1.54) is 24.5 Å². The van der Waals surface area contributed by atoms with E-state index in [-0.39, 0.29) is 10.8 Å². The van der Waals surface area contributed by atoms with Crippen molar-refractivity contribution in [2.24, 2.45) is 0 Å². The second kappa shape index (κ2) is 9.77. The van der Waals surface area contributed by atoms with Crippen LogP contribution in [-0.4, -0.2) is 60.1 Å². The summed E-state index contributed by atoms with van der Waals surface area (Å²) in [5.74, 6) is -0.00613. The van der Waals surface area contributed by atoms with Crippen molar-refractivity contribution >= 4 is 61.4 Å². The van der Waals surface area contributed by atoms with Crippen molar-refractivity contribution in [2.45, 2.75) is 4.90 Å². The van der Waals surface area contributed by atoms with Crippen LogP contribution in [0.4, 0.5) is 23.0 Å². The van der Waals surface area contributed by atoms with Gasteiger partial charge in [0, 0.05) is 31.2 Å². The molecule has 0 unspecified atom stereocenters. The van der Waals surface area contributed by atoms with Crippen LogP contribution in [0.3, 0.4) is 0 Å². The molecule has 180 valence electrons. The summed E-state index contributed by atoms with van der Waals surface area (Å²) in [6.07, 6.45) is 2.90. The number of rotatable bonds is 6. The number of ether oxygens (including phenoxy) is 1. The van der Waals surface area contributed by atoms with Gasteiger partial charge < -0.3 is 20.3 Å². The first-order valence-electron chi connectivity index (χ1n) is 10.6. The van der Waals surface area contributed by atoms with Gasteiger partial charge in [0.25, 0.3) is 10.0 Å². The molecule has 12 nitrogen and oxygen atoms in total. The molecule has 2 aromatic heterocycles. The van der Waals surface area contributed by atoms with Crippen LogP contribution in [0.25, 0.3) is 11.0 Å². The van der Waals surface area contributed by atoms with Crippen molar-refractivity contribution < 1.29 is 17.8 Å². The van der Waals surface area contributed by atoms with Gasteiger partial charge in [-0.2, -0.15) is 0 Å². The van der Waals surface area contributed by atoms with Gasteiger partial charge in [0.1, 0.15) is 0 Å². The largest absolute Gasteiger partial charge is 0.378 e. The first-order valence-corrected chi connectivity index (χ1v) is 12.4. The Hall–Kier alpha value is -3.88. The molecule has 3 N–H and O–H groups in total. The van der Waals surface area contributed by atoms with Crippen molar-refractivity contribution in [3.63, 3.8) is 0 Å². The lowest BCUT2D eigenvalue weighted by molar-refractivity contribution is 0.123. The number of nitrogens with zero attached hydrogens (tertiary/aromatic N) is 5. The normalized spacial score (nSPS) is 14.0. The number of anilines is 4. The molecule has 35 heavy (non-hydrogen) atoms. The highest BCUT2D eigenvalue weighted by molar-refractivity contribution is 7.92. The maximum atomic E-state index is 12.5. The number of hydrogen-bond acceptors (Lipinski definition) is 10. The van der Waals surface area contributed by atoms with Gasteiger partial charge in [-0.1, -0.05) is 0 Å². The average molecular weight is 513 g/mol. The van der Waals surface area contributed by atoms with E-state index in [0.717, 1.165) is 18.8 Å². The minimum atomic E-state index is -3.83. The van der Waals surface area contributed by atoms with E-state index < -0.39 is 10.0 Å². The Morgan fingerprint density at radius 1 is 0.943 bits per heavy atom. The van der Waals surface area contributed by atoms with Crippen molar-refractivity contribution in [2.75, 3.05) is 46.6 Å². The van der Waals surface area contributed by atoms with Crippen LogP contribution in [0.15, 0.2) is 64.4 Å². The lowest BCUT2D eigenvalue weighted by Crippen LogP contribution is -2.36. The number of aromatic nitrogens is 4. The van der Waals surface area contributed by atoms with E-state index in [1.807, 2.05) is 12.1 Å². The fourth-order valence-electron chi connectivity index (χ4n) is 3.55. The van der Waals surface area contributed by atoms with Crippen LogP contribution in [-0.2, 0) is 14.8 Å². The monoisotopic (exact) mass is 512 g/mol.